The maximum absolute atomic E-state index is 13.8. The molecule has 1 N–H and O–H groups in total. The van der Waals surface area contributed by atoms with Crippen molar-refractivity contribution in [2.24, 2.45) is 0 Å². The average Bonchev–Trinajstić information content (AvgIpc) is 3.73. The van der Waals surface area contributed by atoms with E-state index in [0.717, 1.165) is 22.9 Å². The van der Waals surface area contributed by atoms with Gasteiger partial charge in [-0.1, -0.05) is 42.5 Å². The van der Waals surface area contributed by atoms with E-state index >= 15 is 0 Å². The van der Waals surface area contributed by atoms with Crippen molar-refractivity contribution in [2.75, 3.05) is 32.8 Å². The van der Waals surface area contributed by atoms with Crippen LogP contribution in [0.1, 0.15) is 63.2 Å². The molecule has 5 aliphatic rings. The number of hydrogen-bond acceptors (Lipinski definition) is 14. The number of piperazine rings is 1. The van der Waals surface area contributed by atoms with Crippen LogP contribution in [0.15, 0.2) is 55.1 Å². The fraction of sp³-hybridized carbons (Fsp3) is 0.386. The molecule has 2 unspecified atom stereocenters. The Balaban J connectivity index is 1.39. The number of aryl methyl sites for hydroxylation is 1. The molecular formula is C44H41F3N4O10S. The summed E-state index contributed by atoms with van der Waals surface area (Å²) in [6.07, 6.45) is -0.414. The first kappa shape index (κ1) is 42.7. The fourth-order valence-electron chi connectivity index (χ4n) is 9.50. The van der Waals surface area contributed by atoms with Gasteiger partial charge in [0, 0.05) is 59.6 Å². The fourth-order valence-corrected chi connectivity index (χ4v) is 11.0. The van der Waals surface area contributed by atoms with Crippen LogP contribution in [0, 0.1) is 25.2 Å². The highest BCUT2D eigenvalue weighted by Gasteiger charge is 2.61. The molecule has 5 heterocycles. The van der Waals surface area contributed by atoms with Gasteiger partial charge >= 0.3 is 30.0 Å². The number of amides is 1. The van der Waals surface area contributed by atoms with Gasteiger partial charge in [-0.3, -0.25) is 19.4 Å². The van der Waals surface area contributed by atoms with Gasteiger partial charge in [0.1, 0.15) is 24.4 Å². The highest BCUT2D eigenvalue weighted by Crippen LogP contribution is 2.64. The van der Waals surface area contributed by atoms with Gasteiger partial charge < -0.3 is 33.7 Å². The van der Waals surface area contributed by atoms with Crippen molar-refractivity contribution >= 4 is 41.7 Å². The number of thioether (sulfide) groups is 1. The van der Waals surface area contributed by atoms with Crippen molar-refractivity contribution in [3.63, 3.8) is 0 Å². The number of nitrogens with one attached hydrogen (secondary N) is 1. The summed E-state index contributed by atoms with van der Waals surface area (Å²) in [7, 11) is 1.45. The summed E-state index contributed by atoms with van der Waals surface area (Å²) in [6.45, 7) is 8.26. The second kappa shape index (κ2) is 16.7. The Morgan fingerprint density at radius 3 is 2.47 bits per heavy atom. The lowest BCUT2D eigenvalue weighted by Crippen LogP contribution is -2.70. The summed E-state index contributed by atoms with van der Waals surface area (Å²) in [5, 5.41) is 12.1. The van der Waals surface area contributed by atoms with Gasteiger partial charge in [-0.05, 0) is 43.0 Å². The largest absolute Gasteiger partial charge is 0.493 e. The van der Waals surface area contributed by atoms with Crippen molar-refractivity contribution in [3.8, 4) is 34.8 Å². The smallest absolute Gasteiger partial charge is 0.471 e. The number of hydrogen-bond donors (Lipinski definition) is 1. The summed E-state index contributed by atoms with van der Waals surface area (Å²) in [5.41, 5.74) is 3.94. The predicted molar refractivity (Wildman–Crippen MR) is 217 cm³/mol. The van der Waals surface area contributed by atoms with Gasteiger partial charge in [0.25, 0.3) is 0 Å². The predicted octanol–water partition coefficient (Wildman–Crippen LogP) is 5.75. The molecule has 7 atom stereocenters. The summed E-state index contributed by atoms with van der Waals surface area (Å²) in [4.78, 5) is 56.8. The minimum atomic E-state index is -5.31. The third-order valence-electron chi connectivity index (χ3n) is 11.8. The summed E-state index contributed by atoms with van der Waals surface area (Å²) in [6, 6.07) is 7.69. The van der Waals surface area contributed by atoms with Gasteiger partial charge in [-0.15, -0.1) is 18.3 Å². The molecule has 0 radical (unpaired) electrons. The van der Waals surface area contributed by atoms with Crippen LogP contribution in [0.4, 0.5) is 13.2 Å². The van der Waals surface area contributed by atoms with E-state index < -0.39 is 83.9 Å². The van der Waals surface area contributed by atoms with Crippen LogP contribution >= 0.6 is 11.8 Å². The highest BCUT2D eigenvalue weighted by atomic mass is 32.2. The lowest BCUT2D eigenvalue weighted by atomic mass is 9.71. The van der Waals surface area contributed by atoms with E-state index in [1.807, 2.05) is 48.2 Å². The SMILES string of the molecule is C=CCN1[C@@H]2c3c(cc(C)c(OC)c3OC(=O)/C=C/c3ccccc3)C[C@@H]1[C@H](C#N)N1C2[C@@H]2SCC(NC(=O)C(F)(F)F)C(=O)OC[C@@H]1c1c3c(c(C)c(OC(C)=O)c12)OCO3. The third kappa shape index (κ3) is 7.31. The number of nitrogens with zero attached hydrogens (tertiary/aromatic N) is 3. The minimum Gasteiger partial charge on any atom is -0.493 e. The number of cyclic esters (lactones) is 1. The van der Waals surface area contributed by atoms with Crippen molar-refractivity contribution in [2.45, 2.75) is 74.9 Å². The topological polar surface area (TPSA) is 166 Å². The number of methoxy groups -OCH3 is 1. The highest BCUT2D eigenvalue weighted by molar-refractivity contribution is 7.99. The van der Waals surface area contributed by atoms with Crippen molar-refractivity contribution in [3.05, 3.63) is 94.1 Å². The molecule has 0 saturated carbocycles. The first-order valence-corrected chi connectivity index (χ1v) is 20.7. The number of halogens is 3. The third-order valence-corrected chi connectivity index (χ3v) is 13.2. The lowest BCUT2D eigenvalue weighted by Gasteiger charge is -2.62. The number of alkyl halides is 3. The molecular weight excluding hydrogens is 834 g/mol. The zero-order valence-corrected chi connectivity index (χ0v) is 34.8. The van der Waals surface area contributed by atoms with E-state index in [-0.39, 0.29) is 42.1 Å². The summed E-state index contributed by atoms with van der Waals surface area (Å²) < 4.78 is 77.0. The minimum absolute atomic E-state index is 0.0998. The number of carbonyl (C=O) groups excluding carboxylic acids is 4. The molecule has 62 heavy (non-hydrogen) atoms. The molecule has 4 bridgehead atoms. The quantitative estimate of drug-likeness (QED) is 0.126. The van der Waals surface area contributed by atoms with Gasteiger partial charge in [0.2, 0.25) is 6.79 Å². The van der Waals surface area contributed by atoms with Crippen LogP contribution in [-0.4, -0.2) is 96.8 Å². The van der Waals surface area contributed by atoms with Crippen LogP contribution in [0.3, 0.4) is 0 Å². The van der Waals surface area contributed by atoms with Crippen LogP contribution in [0.2, 0.25) is 0 Å². The Morgan fingerprint density at radius 2 is 1.79 bits per heavy atom. The lowest BCUT2D eigenvalue weighted by molar-refractivity contribution is -0.176. The molecule has 1 amide bonds. The Kier molecular flexibility index (Phi) is 11.5. The summed E-state index contributed by atoms with van der Waals surface area (Å²) >= 11 is 1.01. The zero-order valence-electron chi connectivity index (χ0n) is 33.9. The molecule has 0 aromatic heterocycles. The maximum atomic E-state index is 13.8. The number of benzene rings is 3. The molecule has 0 spiro atoms. The van der Waals surface area contributed by atoms with Crippen LogP contribution in [0.25, 0.3) is 6.08 Å². The van der Waals surface area contributed by atoms with Crippen molar-refractivity contribution in [1.82, 2.24) is 15.1 Å². The van der Waals surface area contributed by atoms with Gasteiger partial charge in [0.05, 0.1) is 30.5 Å². The maximum Gasteiger partial charge on any atom is 0.471 e. The zero-order chi connectivity index (χ0) is 44.2. The number of esters is 3. The van der Waals surface area contributed by atoms with E-state index in [4.69, 9.17) is 28.4 Å². The first-order chi connectivity index (χ1) is 29.7. The van der Waals surface area contributed by atoms with Gasteiger partial charge in [-0.25, -0.2) is 9.59 Å². The first-order valence-electron chi connectivity index (χ1n) is 19.7. The normalized spacial score (nSPS) is 25.1. The Labute approximate surface area is 358 Å². The van der Waals surface area contributed by atoms with Gasteiger partial charge in [-0.2, -0.15) is 18.4 Å². The number of nitriles is 1. The molecule has 5 aliphatic heterocycles. The second-order valence-electron chi connectivity index (χ2n) is 15.4. The molecule has 0 aliphatic carbocycles. The van der Waals surface area contributed by atoms with E-state index in [0.29, 0.717) is 34.2 Å². The Morgan fingerprint density at radius 1 is 1.05 bits per heavy atom. The molecule has 18 heteroatoms. The Bertz CT molecular complexity index is 2440. The van der Waals surface area contributed by atoms with Gasteiger partial charge in [0.15, 0.2) is 23.0 Å². The molecule has 8 rings (SSSR count). The number of ether oxygens (including phenoxy) is 6. The number of rotatable bonds is 8. The van der Waals surface area contributed by atoms with Crippen LogP contribution < -0.4 is 29.0 Å². The number of carbonyl (C=O) groups is 4. The standard InChI is InChI=1S/C44H41F3N4O10S/c1-6-14-50-27-16-25-15-21(2)36(56-5)40(61-30(53)13-12-24-10-8-7-9-11-24)31(25)34(50)35-41-33-32(39-38(58-20-59-39)22(3)37(33)60-23(4)52)29(51(35)28(27)17-48)18-57-42(54)26(19-62-41)49-43(55)44(45,46)47/h6-13,15,26-29,34-35,41H,1,14,16,18-20H2,2-5H3,(H,49,55)/b13-12+/t26?,27-,28+,29-,34-,35?,41-/m1/s1. The molecule has 324 valence electrons. The van der Waals surface area contributed by atoms with E-state index in [9.17, 15) is 37.6 Å². The van der Waals surface area contributed by atoms with E-state index in [1.165, 1.54) is 20.1 Å². The van der Waals surface area contributed by atoms with Crippen molar-refractivity contribution in [1.29, 1.82) is 5.26 Å². The molecule has 2 fully saturated rings. The Hall–Kier alpha value is -6.03. The second-order valence-corrected chi connectivity index (χ2v) is 16.5. The average molecular weight is 875 g/mol. The van der Waals surface area contributed by atoms with Crippen LogP contribution in [0.5, 0.6) is 28.7 Å². The monoisotopic (exact) mass is 874 g/mol. The molecule has 14 nitrogen and oxygen atoms in total. The van der Waals surface area contributed by atoms with Crippen molar-refractivity contribution < 1.29 is 60.8 Å². The van der Waals surface area contributed by atoms with E-state index in [1.54, 1.807) is 24.4 Å². The number of fused-ring (bicyclic) bond motifs is 9. The molecule has 3 aromatic rings. The van der Waals surface area contributed by atoms with Crippen LogP contribution in [-0.2, 0) is 30.3 Å². The molecule has 3 aromatic carbocycles. The molecule has 2 saturated heterocycles. The summed E-state index contributed by atoms with van der Waals surface area (Å²) in [5.74, 6) is -4.24. The van der Waals surface area contributed by atoms with E-state index in [2.05, 4.69) is 17.5 Å².